The molecule has 3 N–H and O–H groups in total. The Bertz CT molecular complexity index is 783. The lowest BCUT2D eigenvalue weighted by Crippen LogP contribution is -2.28. The third kappa shape index (κ3) is 1.55. The van der Waals surface area contributed by atoms with Gasteiger partial charge >= 0.3 is 11.1 Å². The first-order chi connectivity index (χ1) is 8.24. The van der Waals surface area contributed by atoms with Gasteiger partial charge < -0.3 is 15.0 Å². The van der Waals surface area contributed by atoms with Crippen LogP contribution in [0.1, 0.15) is 0 Å². The second-order valence-electron chi connectivity index (χ2n) is 3.61. The Hall–Kier alpha value is -2.63. The largest absolute Gasteiger partial charge is 0.345 e. The van der Waals surface area contributed by atoms with E-state index in [0.717, 1.165) is 5.56 Å². The fourth-order valence-electron chi connectivity index (χ4n) is 1.69. The molecule has 6 nitrogen and oxygen atoms in total. The number of fused-ring (bicyclic) bond motifs is 1. The summed E-state index contributed by atoms with van der Waals surface area (Å²) in [6, 6.07) is 5.30. The van der Waals surface area contributed by atoms with Crippen molar-refractivity contribution in [3.05, 3.63) is 51.3 Å². The summed E-state index contributed by atoms with van der Waals surface area (Å²) in [6.07, 6.45) is 3.37. The van der Waals surface area contributed by atoms with Gasteiger partial charge in [-0.3, -0.25) is 9.59 Å². The maximum Gasteiger partial charge on any atom is 0.314 e. The number of benzene rings is 1. The van der Waals surface area contributed by atoms with E-state index in [9.17, 15) is 9.59 Å². The Labute approximate surface area is 94.4 Å². The average Bonchev–Trinajstić information content (AvgIpc) is 2.83. The predicted octanol–water partition coefficient (Wildman–Crippen LogP) is 0.606. The molecule has 3 rings (SSSR count). The van der Waals surface area contributed by atoms with E-state index >= 15 is 0 Å². The molecule has 0 aliphatic rings. The molecule has 6 heteroatoms. The van der Waals surface area contributed by atoms with Crippen molar-refractivity contribution < 1.29 is 0 Å². The van der Waals surface area contributed by atoms with Crippen LogP contribution in [0.5, 0.6) is 0 Å². The summed E-state index contributed by atoms with van der Waals surface area (Å²) >= 11 is 0. The Morgan fingerprint density at radius 1 is 1.00 bits per heavy atom. The Morgan fingerprint density at radius 2 is 1.76 bits per heavy atom. The van der Waals surface area contributed by atoms with E-state index in [2.05, 4.69) is 19.9 Å². The minimum Gasteiger partial charge on any atom is -0.345 e. The van der Waals surface area contributed by atoms with Crippen molar-refractivity contribution in [3.8, 4) is 11.4 Å². The van der Waals surface area contributed by atoms with Gasteiger partial charge in [0, 0.05) is 18.0 Å². The molecule has 0 atom stereocenters. The van der Waals surface area contributed by atoms with Gasteiger partial charge in [-0.2, -0.15) is 0 Å². The van der Waals surface area contributed by atoms with Gasteiger partial charge in [0.15, 0.2) is 0 Å². The second kappa shape index (κ2) is 3.44. The number of rotatable bonds is 1. The minimum absolute atomic E-state index is 0.573. The zero-order valence-electron chi connectivity index (χ0n) is 8.65. The highest BCUT2D eigenvalue weighted by atomic mass is 16.2. The zero-order valence-corrected chi connectivity index (χ0v) is 8.65. The summed E-state index contributed by atoms with van der Waals surface area (Å²) in [4.78, 5) is 34.4. The first-order valence-corrected chi connectivity index (χ1v) is 5.00. The second-order valence-corrected chi connectivity index (χ2v) is 3.61. The van der Waals surface area contributed by atoms with Crippen LogP contribution in [0.15, 0.2) is 40.2 Å². The molecule has 0 saturated carbocycles. The van der Waals surface area contributed by atoms with Gasteiger partial charge in [-0.1, -0.05) is 0 Å². The van der Waals surface area contributed by atoms with Crippen molar-refractivity contribution in [3.63, 3.8) is 0 Å². The highest BCUT2D eigenvalue weighted by Gasteiger charge is 2.03. The monoisotopic (exact) mass is 228 g/mol. The van der Waals surface area contributed by atoms with Gasteiger partial charge in [0.1, 0.15) is 5.82 Å². The van der Waals surface area contributed by atoms with Crippen LogP contribution in [0.3, 0.4) is 0 Å². The summed E-state index contributed by atoms with van der Waals surface area (Å²) in [5.74, 6) is 0.707. The summed E-state index contributed by atoms with van der Waals surface area (Å²) in [5.41, 5.74) is 0.691. The molecule has 0 unspecified atom stereocenters. The number of nitrogens with zero attached hydrogens (tertiary/aromatic N) is 1. The third-order valence-electron chi connectivity index (χ3n) is 2.49. The molecule has 0 saturated heterocycles. The lowest BCUT2D eigenvalue weighted by atomic mass is 10.2. The molecule has 0 fully saturated rings. The van der Waals surface area contributed by atoms with Crippen molar-refractivity contribution in [1.29, 1.82) is 0 Å². The van der Waals surface area contributed by atoms with Gasteiger partial charge in [-0.15, -0.1) is 0 Å². The molecule has 2 aromatic heterocycles. The maximum absolute atomic E-state index is 11.2. The lowest BCUT2D eigenvalue weighted by Gasteiger charge is -2.00. The minimum atomic E-state index is -0.658. The molecule has 0 radical (unpaired) electrons. The molecular formula is C11H8N4O2. The van der Waals surface area contributed by atoms with Crippen LogP contribution >= 0.6 is 0 Å². The number of imidazole rings is 1. The van der Waals surface area contributed by atoms with E-state index in [1.807, 2.05) is 6.07 Å². The topological polar surface area (TPSA) is 94.4 Å². The molecule has 0 bridgehead atoms. The standard InChI is InChI=1S/C11H8N4O2/c16-10-11(17)15-8-5-6(1-2-7(8)14-10)9-12-3-4-13-9/h1-5H,(H,12,13)(H,14,16)(H,15,17). The Kier molecular flexibility index (Phi) is 1.94. The van der Waals surface area contributed by atoms with E-state index < -0.39 is 11.1 Å². The van der Waals surface area contributed by atoms with E-state index in [1.165, 1.54) is 0 Å². The first-order valence-electron chi connectivity index (χ1n) is 5.00. The fraction of sp³-hybridized carbons (Fsp3) is 0. The summed E-state index contributed by atoms with van der Waals surface area (Å²) in [6.45, 7) is 0. The smallest absolute Gasteiger partial charge is 0.314 e. The van der Waals surface area contributed by atoms with E-state index in [0.29, 0.717) is 16.9 Å². The van der Waals surface area contributed by atoms with Crippen LogP contribution in [0.25, 0.3) is 22.4 Å². The van der Waals surface area contributed by atoms with Crippen LogP contribution < -0.4 is 11.1 Å². The fourth-order valence-corrected chi connectivity index (χ4v) is 1.69. The molecule has 3 aromatic rings. The summed E-state index contributed by atoms with van der Waals surface area (Å²) in [7, 11) is 0. The first kappa shape index (κ1) is 9.59. The van der Waals surface area contributed by atoms with Crippen molar-refractivity contribution in [2.24, 2.45) is 0 Å². The molecule has 0 spiro atoms. The molecule has 0 amide bonds. The van der Waals surface area contributed by atoms with Gasteiger partial charge in [-0.05, 0) is 18.2 Å². The maximum atomic E-state index is 11.2. The highest BCUT2D eigenvalue weighted by Crippen LogP contribution is 2.17. The number of aromatic nitrogens is 4. The number of nitrogens with one attached hydrogen (secondary N) is 3. The van der Waals surface area contributed by atoms with Crippen LogP contribution in [0, 0.1) is 0 Å². The Morgan fingerprint density at radius 3 is 2.47 bits per heavy atom. The lowest BCUT2D eigenvalue weighted by molar-refractivity contribution is 1.15. The molecule has 84 valence electrons. The molecular weight excluding hydrogens is 220 g/mol. The summed E-state index contributed by atoms with van der Waals surface area (Å²) in [5, 5.41) is 0. The normalized spacial score (nSPS) is 10.8. The number of H-pyrrole nitrogens is 3. The van der Waals surface area contributed by atoms with Crippen LogP contribution in [0.4, 0.5) is 0 Å². The highest BCUT2D eigenvalue weighted by molar-refractivity contribution is 5.79. The quantitative estimate of drug-likeness (QED) is 0.532. The number of hydrogen-bond acceptors (Lipinski definition) is 3. The van der Waals surface area contributed by atoms with Crippen molar-refractivity contribution in [2.45, 2.75) is 0 Å². The molecule has 0 aliphatic heterocycles. The van der Waals surface area contributed by atoms with Crippen molar-refractivity contribution in [1.82, 2.24) is 19.9 Å². The van der Waals surface area contributed by atoms with Crippen LogP contribution in [-0.4, -0.2) is 19.9 Å². The average molecular weight is 228 g/mol. The molecule has 1 aromatic carbocycles. The van der Waals surface area contributed by atoms with Gasteiger partial charge in [0.2, 0.25) is 0 Å². The van der Waals surface area contributed by atoms with E-state index in [1.54, 1.807) is 24.5 Å². The number of aromatic amines is 3. The SMILES string of the molecule is O=c1[nH]c2ccc(-c3ncc[nH]3)cc2[nH]c1=O. The molecule has 0 aliphatic carbocycles. The zero-order chi connectivity index (χ0) is 11.8. The van der Waals surface area contributed by atoms with Crippen LogP contribution in [0.2, 0.25) is 0 Å². The van der Waals surface area contributed by atoms with Gasteiger partial charge in [0.05, 0.1) is 11.0 Å². The van der Waals surface area contributed by atoms with Crippen LogP contribution in [-0.2, 0) is 0 Å². The van der Waals surface area contributed by atoms with E-state index in [4.69, 9.17) is 0 Å². The Balaban J connectivity index is 2.30. The molecule has 17 heavy (non-hydrogen) atoms. The van der Waals surface area contributed by atoms with Gasteiger partial charge in [0.25, 0.3) is 0 Å². The van der Waals surface area contributed by atoms with Crippen molar-refractivity contribution in [2.75, 3.05) is 0 Å². The van der Waals surface area contributed by atoms with Crippen molar-refractivity contribution >= 4 is 11.0 Å². The molecule has 2 heterocycles. The number of hydrogen-bond donors (Lipinski definition) is 3. The van der Waals surface area contributed by atoms with E-state index in [-0.39, 0.29) is 0 Å². The predicted molar refractivity (Wildman–Crippen MR) is 62.8 cm³/mol. The third-order valence-corrected chi connectivity index (χ3v) is 2.49. The summed E-state index contributed by atoms with van der Waals surface area (Å²) < 4.78 is 0. The van der Waals surface area contributed by atoms with Gasteiger partial charge in [-0.25, -0.2) is 4.98 Å².